The maximum Gasteiger partial charge on any atom is 0.311 e. The summed E-state index contributed by atoms with van der Waals surface area (Å²) >= 11 is 0. The highest BCUT2D eigenvalue weighted by molar-refractivity contribution is 5.59. The molecule has 0 aliphatic carbocycles. The Labute approximate surface area is 111 Å². The van der Waals surface area contributed by atoms with E-state index in [2.05, 4.69) is 5.32 Å². The fourth-order valence-electron chi connectivity index (χ4n) is 1.65. The lowest BCUT2D eigenvalue weighted by Gasteiger charge is -2.31. The van der Waals surface area contributed by atoms with Crippen molar-refractivity contribution >= 4 is 11.4 Å². The third-order valence-electron chi connectivity index (χ3n) is 3.07. The first-order valence-corrected chi connectivity index (χ1v) is 5.84. The molecule has 0 bridgehead atoms. The number of nitrogens with zero attached hydrogens (tertiary/aromatic N) is 1. The minimum Gasteiger partial charge on any atom is -0.490 e. The van der Waals surface area contributed by atoms with Gasteiger partial charge in [-0.2, -0.15) is 0 Å². The molecule has 0 radical (unpaired) electrons. The van der Waals surface area contributed by atoms with E-state index in [1.165, 1.54) is 25.3 Å². The molecule has 7 heteroatoms. The summed E-state index contributed by atoms with van der Waals surface area (Å²) in [6.45, 7) is 1.32. The predicted molar refractivity (Wildman–Crippen MR) is 70.5 cm³/mol. The summed E-state index contributed by atoms with van der Waals surface area (Å²) in [5.74, 6) is 0.121. The molecule has 19 heavy (non-hydrogen) atoms. The first kappa shape index (κ1) is 15.2. The summed E-state index contributed by atoms with van der Waals surface area (Å²) in [7, 11) is 1.34. The number of benzene rings is 1. The van der Waals surface area contributed by atoms with Gasteiger partial charge < -0.3 is 20.3 Å². The molecule has 1 aromatic carbocycles. The van der Waals surface area contributed by atoms with Gasteiger partial charge in [0.15, 0.2) is 5.75 Å². The number of nitrogens with one attached hydrogen (secondary N) is 1. The highest BCUT2D eigenvalue weighted by Gasteiger charge is 2.27. The van der Waals surface area contributed by atoms with Gasteiger partial charge in [0.1, 0.15) is 0 Å². The molecule has 0 aliphatic heterocycles. The van der Waals surface area contributed by atoms with Crippen LogP contribution in [-0.2, 0) is 0 Å². The highest BCUT2D eigenvalue weighted by Crippen LogP contribution is 2.31. The number of rotatable bonds is 7. The molecule has 1 aromatic rings. The molecule has 3 N–H and O–H groups in total. The molecule has 1 rings (SSSR count). The molecule has 0 saturated heterocycles. The van der Waals surface area contributed by atoms with E-state index in [9.17, 15) is 20.3 Å². The van der Waals surface area contributed by atoms with Gasteiger partial charge in [0.2, 0.25) is 0 Å². The Morgan fingerprint density at radius 1 is 1.42 bits per heavy atom. The Hall–Kier alpha value is -1.86. The number of nitro groups is 1. The van der Waals surface area contributed by atoms with Crippen molar-refractivity contribution < 1.29 is 19.9 Å². The highest BCUT2D eigenvalue weighted by atomic mass is 16.6. The quantitative estimate of drug-likeness (QED) is 0.507. The number of methoxy groups -OCH3 is 1. The van der Waals surface area contributed by atoms with E-state index < -0.39 is 10.5 Å². The van der Waals surface area contributed by atoms with Gasteiger partial charge in [-0.1, -0.05) is 6.92 Å². The first-order valence-electron chi connectivity index (χ1n) is 5.84. The van der Waals surface area contributed by atoms with Gasteiger partial charge in [0.25, 0.3) is 0 Å². The molecule has 0 aliphatic rings. The summed E-state index contributed by atoms with van der Waals surface area (Å²) in [5, 5.41) is 32.4. The monoisotopic (exact) mass is 270 g/mol. The van der Waals surface area contributed by atoms with E-state index >= 15 is 0 Å². The van der Waals surface area contributed by atoms with Crippen molar-refractivity contribution in [2.75, 3.05) is 25.6 Å². The molecule has 7 nitrogen and oxygen atoms in total. The fourth-order valence-corrected chi connectivity index (χ4v) is 1.65. The van der Waals surface area contributed by atoms with Crippen LogP contribution in [0.15, 0.2) is 18.2 Å². The van der Waals surface area contributed by atoms with Crippen molar-refractivity contribution in [2.24, 2.45) is 0 Å². The molecule has 0 heterocycles. The van der Waals surface area contributed by atoms with Crippen molar-refractivity contribution in [3.8, 4) is 5.75 Å². The van der Waals surface area contributed by atoms with Crippen molar-refractivity contribution in [1.29, 1.82) is 0 Å². The summed E-state index contributed by atoms with van der Waals surface area (Å²) in [4.78, 5) is 10.2. The van der Waals surface area contributed by atoms with Crippen LogP contribution in [0.5, 0.6) is 5.75 Å². The minimum atomic E-state index is -0.860. The van der Waals surface area contributed by atoms with E-state index in [0.29, 0.717) is 12.1 Å². The summed E-state index contributed by atoms with van der Waals surface area (Å²) in [6, 6.07) is 4.29. The van der Waals surface area contributed by atoms with Crippen LogP contribution in [0, 0.1) is 10.1 Å². The van der Waals surface area contributed by atoms with E-state index in [0.717, 1.165) is 0 Å². The molecule has 0 amide bonds. The third-order valence-corrected chi connectivity index (χ3v) is 3.07. The van der Waals surface area contributed by atoms with E-state index in [-0.39, 0.29) is 24.7 Å². The summed E-state index contributed by atoms with van der Waals surface area (Å²) < 4.78 is 4.96. The zero-order valence-corrected chi connectivity index (χ0v) is 10.9. The van der Waals surface area contributed by atoms with Crippen LogP contribution in [0.4, 0.5) is 11.4 Å². The minimum absolute atomic E-state index is 0.121. The topological polar surface area (TPSA) is 105 Å². The van der Waals surface area contributed by atoms with Gasteiger partial charge in [-0.15, -0.1) is 0 Å². The second-order valence-electron chi connectivity index (χ2n) is 4.22. The summed E-state index contributed by atoms with van der Waals surface area (Å²) in [5.41, 5.74) is -0.461. The zero-order chi connectivity index (χ0) is 14.5. The fraction of sp³-hybridized carbons (Fsp3) is 0.500. The van der Waals surface area contributed by atoms with Crippen LogP contribution in [0.2, 0.25) is 0 Å². The largest absolute Gasteiger partial charge is 0.490 e. The number of aliphatic hydroxyl groups excluding tert-OH is 2. The predicted octanol–water partition coefficient (Wildman–Crippen LogP) is 1.15. The zero-order valence-electron chi connectivity index (χ0n) is 10.9. The summed E-state index contributed by atoms with van der Waals surface area (Å²) in [6.07, 6.45) is 0.499. The Balaban J connectivity index is 3.06. The Kier molecular flexibility index (Phi) is 5.08. The molecule has 0 spiro atoms. The van der Waals surface area contributed by atoms with Crippen molar-refractivity contribution in [3.05, 3.63) is 28.3 Å². The molecular weight excluding hydrogens is 252 g/mol. The van der Waals surface area contributed by atoms with Gasteiger partial charge in [0.05, 0.1) is 30.8 Å². The van der Waals surface area contributed by atoms with Crippen molar-refractivity contribution in [2.45, 2.75) is 18.9 Å². The number of aliphatic hydroxyl groups is 2. The third kappa shape index (κ3) is 3.33. The van der Waals surface area contributed by atoms with Crippen LogP contribution in [0.1, 0.15) is 13.3 Å². The lowest BCUT2D eigenvalue weighted by Crippen LogP contribution is -2.45. The normalized spacial score (nSPS) is 11.2. The second-order valence-corrected chi connectivity index (χ2v) is 4.22. The van der Waals surface area contributed by atoms with Crippen LogP contribution in [0.3, 0.4) is 0 Å². The number of ether oxygens (including phenoxy) is 1. The molecule has 106 valence electrons. The smallest absolute Gasteiger partial charge is 0.311 e. The maximum absolute atomic E-state index is 10.8. The van der Waals surface area contributed by atoms with Crippen molar-refractivity contribution in [1.82, 2.24) is 0 Å². The maximum atomic E-state index is 10.8. The standard InChI is InChI=1S/C12H18N2O5/c1-3-12(7-15,8-16)13-9-4-5-10(14(17)18)11(6-9)19-2/h4-6,13,15-16H,3,7-8H2,1-2H3. The van der Waals surface area contributed by atoms with Gasteiger partial charge >= 0.3 is 5.69 Å². The van der Waals surface area contributed by atoms with E-state index in [4.69, 9.17) is 4.74 Å². The van der Waals surface area contributed by atoms with Crippen LogP contribution in [0.25, 0.3) is 0 Å². The van der Waals surface area contributed by atoms with Crippen LogP contribution >= 0.6 is 0 Å². The SMILES string of the molecule is CCC(CO)(CO)Nc1ccc([N+](=O)[O-])c(OC)c1. The van der Waals surface area contributed by atoms with Gasteiger partial charge in [-0.3, -0.25) is 10.1 Å². The Bertz CT molecular complexity index is 437. The van der Waals surface area contributed by atoms with Crippen LogP contribution in [-0.4, -0.2) is 41.0 Å². The van der Waals surface area contributed by atoms with Gasteiger partial charge in [0, 0.05) is 17.8 Å². The molecular formula is C12H18N2O5. The number of hydrogen-bond acceptors (Lipinski definition) is 6. The lowest BCUT2D eigenvalue weighted by atomic mass is 9.98. The molecule has 0 fully saturated rings. The molecule has 0 unspecified atom stereocenters. The second kappa shape index (κ2) is 6.35. The molecule has 0 atom stereocenters. The average molecular weight is 270 g/mol. The number of anilines is 1. The van der Waals surface area contributed by atoms with Crippen LogP contribution < -0.4 is 10.1 Å². The number of hydrogen-bond donors (Lipinski definition) is 3. The van der Waals surface area contributed by atoms with Crippen molar-refractivity contribution in [3.63, 3.8) is 0 Å². The Morgan fingerprint density at radius 2 is 2.05 bits per heavy atom. The Morgan fingerprint density at radius 3 is 2.47 bits per heavy atom. The van der Waals surface area contributed by atoms with Gasteiger partial charge in [-0.25, -0.2) is 0 Å². The molecule has 0 saturated carbocycles. The van der Waals surface area contributed by atoms with E-state index in [1.54, 1.807) is 0 Å². The first-order chi connectivity index (χ1) is 9.01. The average Bonchev–Trinajstić information content (AvgIpc) is 2.44. The molecule has 0 aromatic heterocycles. The van der Waals surface area contributed by atoms with Gasteiger partial charge in [-0.05, 0) is 12.5 Å². The van der Waals surface area contributed by atoms with E-state index in [1.807, 2.05) is 6.92 Å². The number of nitro benzene ring substituents is 1. The lowest BCUT2D eigenvalue weighted by molar-refractivity contribution is -0.385.